The van der Waals surface area contributed by atoms with Crippen molar-refractivity contribution in [2.24, 2.45) is 11.7 Å². The summed E-state index contributed by atoms with van der Waals surface area (Å²) in [7, 11) is 0. The molecule has 1 aliphatic rings. The number of carbonyl (C=O) groups is 2. The molecule has 7 heteroatoms. The molecule has 1 aromatic heterocycles. The lowest BCUT2D eigenvalue weighted by Crippen LogP contribution is -2.49. The van der Waals surface area contributed by atoms with Crippen LogP contribution >= 0.6 is 11.6 Å². The van der Waals surface area contributed by atoms with Crippen LogP contribution in [-0.2, 0) is 4.79 Å². The molecular weight excluding hydrogens is 352 g/mol. The van der Waals surface area contributed by atoms with Gasteiger partial charge in [-0.3, -0.25) is 9.59 Å². The Kier molecular flexibility index (Phi) is 5.53. The summed E-state index contributed by atoms with van der Waals surface area (Å²) in [5.41, 5.74) is 7.08. The minimum atomic E-state index is -0.459. The molecule has 2 heterocycles. The van der Waals surface area contributed by atoms with Crippen LogP contribution in [-0.4, -0.2) is 46.9 Å². The molecule has 0 radical (unpaired) electrons. The highest BCUT2D eigenvalue weighted by Crippen LogP contribution is 2.23. The Morgan fingerprint density at radius 2 is 1.96 bits per heavy atom. The third kappa shape index (κ3) is 4.02. The van der Waals surface area contributed by atoms with Crippen LogP contribution in [0, 0.1) is 5.92 Å². The minimum absolute atomic E-state index is 0.00289. The monoisotopic (exact) mass is 376 g/mol. The molecule has 26 heavy (non-hydrogen) atoms. The van der Waals surface area contributed by atoms with Gasteiger partial charge in [-0.1, -0.05) is 11.6 Å². The van der Waals surface area contributed by atoms with Gasteiger partial charge < -0.3 is 20.9 Å². The van der Waals surface area contributed by atoms with Crippen LogP contribution in [0.1, 0.15) is 37.2 Å². The molecule has 1 aromatic carbocycles. The Balaban J connectivity index is 1.58. The first kappa shape index (κ1) is 18.7. The van der Waals surface area contributed by atoms with E-state index in [0.717, 1.165) is 23.7 Å². The van der Waals surface area contributed by atoms with Gasteiger partial charge in [-0.25, -0.2) is 0 Å². The second kappa shape index (κ2) is 7.68. The summed E-state index contributed by atoms with van der Waals surface area (Å²) in [5, 5.41) is 4.64. The van der Waals surface area contributed by atoms with Crippen LogP contribution in [0.15, 0.2) is 24.3 Å². The van der Waals surface area contributed by atoms with E-state index < -0.39 is 6.04 Å². The highest BCUT2D eigenvalue weighted by molar-refractivity contribution is 6.31. The number of amides is 2. The summed E-state index contributed by atoms with van der Waals surface area (Å²) >= 11 is 6.00. The Bertz CT molecular complexity index is 809. The zero-order valence-corrected chi connectivity index (χ0v) is 15.8. The lowest BCUT2D eigenvalue weighted by Gasteiger charge is -2.35. The fourth-order valence-corrected chi connectivity index (χ4v) is 3.72. The van der Waals surface area contributed by atoms with E-state index >= 15 is 0 Å². The maximum Gasteiger partial charge on any atom is 0.267 e. The number of nitrogens with two attached hydrogens (primary N) is 1. The molecule has 1 unspecified atom stereocenters. The first-order valence-corrected chi connectivity index (χ1v) is 9.36. The van der Waals surface area contributed by atoms with E-state index in [9.17, 15) is 9.59 Å². The Morgan fingerprint density at radius 1 is 1.27 bits per heavy atom. The first-order chi connectivity index (χ1) is 12.3. The predicted octanol–water partition coefficient (Wildman–Crippen LogP) is 2.53. The van der Waals surface area contributed by atoms with Crippen LogP contribution in [0.3, 0.4) is 0 Å². The number of piperidine rings is 1. The number of hydrogen-bond acceptors (Lipinski definition) is 3. The van der Waals surface area contributed by atoms with Gasteiger partial charge >= 0.3 is 0 Å². The van der Waals surface area contributed by atoms with Gasteiger partial charge in [0.2, 0.25) is 5.91 Å². The van der Waals surface area contributed by atoms with Gasteiger partial charge in [0.05, 0.1) is 6.04 Å². The fourth-order valence-electron chi connectivity index (χ4n) is 3.54. The SMILES string of the molecule is CC(NC(=O)c1cc2cc(Cl)ccc2[nH]1)C1CCN(C(=O)[C@H](C)N)CC1. The van der Waals surface area contributed by atoms with Crippen molar-refractivity contribution >= 4 is 34.3 Å². The molecule has 2 amide bonds. The summed E-state index contributed by atoms with van der Waals surface area (Å²) in [6, 6.07) is 6.88. The summed E-state index contributed by atoms with van der Waals surface area (Å²) in [6.07, 6.45) is 1.73. The van der Waals surface area contributed by atoms with Crippen molar-refractivity contribution in [3.8, 4) is 0 Å². The summed E-state index contributed by atoms with van der Waals surface area (Å²) in [5.74, 6) is 0.214. The van der Waals surface area contributed by atoms with Crippen molar-refractivity contribution in [1.82, 2.24) is 15.2 Å². The molecule has 3 rings (SSSR count). The summed E-state index contributed by atoms with van der Waals surface area (Å²) in [4.78, 5) is 29.5. The number of aromatic amines is 1. The normalized spacial score (nSPS) is 17.9. The number of rotatable bonds is 4. The van der Waals surface area contributed by atoms with E-state index in [4.69, 9.17) is 17.3 Å². The predicted molar refractivity (Wildman–Crippen MR) is 103 cm³/mol. The van der Waals surface area contributed by atoms with Crippen LogP contribution in [0.2, 0.25) is 5.02 Å². The Labute approximate surface area is 158 Å². The van der Waals surface area contributed by atoms with E-state index in [0.29, 0.717) is 29.7 Å². The minimum Gasteiger partial charge on any atom is -0.351 e. The van der Waals surface area contributed by atoms with Gasteiger partial charge in [0.25, 0.3) is 5.91 Å². The molecular formula is C19H25ClN4O2. The quantitative estimate of drug-likeness (QED) is 0.765. The lowest BCUT2D eigenvalue weighted by atomic mass is 9.90. The zero-order valence-electron chi connectivity index (χ0n) is 15.1. The Hall–Kier alpha value is -2.05. The number of nitrogens with one attached hydrogen (secondary N) is 2. The van der Waals surface area contributed by atoms with Gasteiger partial charge in [0, 0.05) is 35.1 Å². The van der Waals surface area contributed by atoms with E-state index in [2.05, 4.69) is 10.3 Å². The van der Waals surface area contributed by atoms with Gasteiger partial charge in [0.1, 0.15) is 5.69 Å². The summed E-state index contributed by atoms with van der Waals surface area (Å²) < 4.78 is 0. The van der Waals surface area contributed by atoms with Crippen LogP contribution in [0.25, 0.3) is 10.9 Å². The molecule has 4 N–H and O–H groups in total. The van der Waals surface area contributed by atoms with E-state index in [1.54, 1.807) is 13.0 Å². The number of carbonyl (C=O) groups excluding carboxylic acids is 2. The second-order valence-electron chi connectivity index (χ2n) is 7.13. The van der Waals surface area contributed by atoms with Gasteiger partial charge in [0.15, 0.2) is 0 Å². The number of likely N-dealkylation sites (tertiary alicyclic amines) is 1. The maximum atomic E-state index is 12.6. The third-order valence-corrected chi connectivity index (χ3v) is 5.37. The van der Waals surface area contributed by atoms with Crippen molar-refractivity contribution in [2.45, 2.75) is 38.8 Å². The van der Waals surface area contributed by atoms with Crippen LogP contribution in [0.5, 0.6) is 0 Å². The molecule has 0 bridgehead atoms. The second-order valence-corrected chi connectivity index (χ2v) is 7.56. The number of fused-ring (bicyclic) bond motifs is 1. The zero-order chi connectivity index (χ0) is 18.8. The number of hydrogen-bond donors (Lipinski definition) is 3. The van der Waals surface area contributed by atoms with E-state index in [1.165, 1.54) is 0 Å². The van der Waals surface area contributed by atoms with E-state index in [-0.39, 0.29) is 17.9 Å². The number of benzene rings is 1. The van der Waals surface area contributed by atoms with Crippen LogP contribution in [0.4, 0.5) is 0 Å². The smallest absolute Gasteiger partial charge is 0.267 e. The molecule has 1 saturated heterocycles. The van der Waals surface area contributed by atoms with Crippen molar-refractivity contribution in [3.63, 3.8) is 0 Å². The fraction of sp³-hybridized carbons (Fsp3) is 0.474. The number of halogens is 1. The van der Waals surface area contributed by atoms with Crippen molar-refractivity contribution < 1.29 is 9.59 Å². The molecule has 2 atom stereocenters. The van der Waals surface area contributed by atoms with Crippen LogP contribution < -0.4 is 11.1 Å². The molecule has 1 aliphatic heterocycles. The average molecular weight is 377 g/mol. The highest BCUT2D eigenvalue weighted by Gasteiger charge is 2.28. The molecule has 0 spiro atoms. The standard InChI is InChI=1S/C19H25ClN4O2/c1-11(21)19(26)24-7-5-13(6-8-24)12(2)22-18(25)17-10-14-9-15(20)3-4-16(14)23-17/h3-4,9-13,23H,5-8,21H2,1-2H3,(H,22,25)/t11-,12?/m0/s1. The van der Waals surface area contributed by atoms with Crippen molar-refractivity contribution in [3.05, 3.63) is 35.0 Å². The van der Waals surface area contributed by atoms with Gasteiger partial charge in [-0.05, 0) is 56.9 Å². The third-order valence-electron chi connectivity index (χ3n) is 5.13. The van der Waals surface area contributed by atoms with E-state index in [1.807, 2.05) is 30.0 Å². The van der Waals surface area contributed by atoms with Gasteiger partial charge in [-0.2, -0.15) is 0 Å². The molecule has 6 nitrogen and oxygen atoms in total. The Morgan fingerprint density at radius 3 is 2.62 bits per heavy atom. The molecule has 2 aromatic rings. The largest absolute Gasteiger partial charge is 0.351 e. The first-order valence-electron chi connectivity index (χ1n) is 8.98. The van der Waals surface area contributed by atoms with Crippen molar-refractivity contribution in [1.29, 1.82) is 0 Å². The average Bonchev–Trinajstić information content (AvgIpc) is 3.04. The molecule has 0 saturated carbocycles. The molecule has 1 fully saturated rings. The number of nitrogens with zero attached hydrogens (tertiary/aromatic N) is 1. The maximum absolute atomic E-state index is 12.6. The molecule has 0 aliphatic carbocycles. The topological polar surface area (TPSA) is 91.2 Å². The number of aromatic nitrogens is 1. The molecule has 140 valence electrons. The lowest BCUT2D eigenvalue weighted by molar-refractivity contribution is -0.133. The van der Waals surface area contributed by atoms with Gasteiger partial charge in [-0.15, -0.1) is 0 Å². The number of H-pyrrole nitrogens is 1. The highest BCUT2D eigenvalue weighted by atomic mass is 35.5. The van der Waals surface area contributed by atoms with Crippen molar-refractivity contribution in [2.75, 3.05) is 13.1 Å². The summed E-state index contributed by atoms with van der Waals surface area (Å²) in [6.45, 7) is 5.11.